The van der Waals surface area contributed by atoms with E-state index in [1.54, 1.807) is 23.5 Å². The van der Waals surface area contributed by atoms with Gasteiger partial charge < -0.3 is 20.3 Å². The molecule has 6 nitrogen and oxygen atoms in total. The minimum Gasteiger partial charge on any atom is -0.378 e. The molecule has 1 atom stereocenters. The predicted molar refractivity (Wildman–Crippen MR) is 117 cm³/mol. The van der Waals surface area contributed by atoms with E-state index >= 15 is 0 Å². The molecule has 1 aromatic heterocycles. The molecule has 2 N–H and O–H groups in total. The van der Waals surface area contributed by atoms with E-state index in [1.807, 2.05) is 18.2 Å². The molecule has 2 aromatic carbocycles. The third-order valence-electron chi connectivity index (χ3n) is 5.36. The maximum Gasteiger partial charge on any atom is 0.247 e. The Labute approximate surface area is 178 Å². The van der Waals surface area contributed by atoms with Crippen LogP contribution in [0.25, 0.3) is 10.2 Å². The average molecular weight is 427 g/mol. The molecule has 1 unspecified atom stereocenters. The largest absolute Gasteiger partial charge is 0.378 e. The minimum atomic E-state index is -0.588. The van der Waals surface area contributed by atoms with Crippen LogP contribution in [0.1, 0.15) is 24.4 Å². The summed E-state index contributed by atoms with van der Waals surface area (Å²) >= 11 is 1.64. The molecule has 0 bridgehead atoms. The van der Waals surface area contributed by atoms with Crippen molar-refractivity contribution in [1.82, 2.24) is 10.3 Å². The fourth-order valence-corrected chi connectivity index (χ4v) is 4.58. The van der Waals surface area contributed by atoms with E-state index in [2.05, 4.69) is 15.5 Å². The number of carbonyl (C=O) groups is 1. The molecule has 30 heavy (non-hydrogen) atoms. The van der Waals surface area contributed by atoms with E-state index in [0.717, 1.165) is 65.7 Å². The van der Waals surface area contributed by atoms with Crippen LogP contribution in [0.2, 0.25) is 0 Å². The number of aromatic nitrogens is 1. The highest BCUT2D eigenvalue weighted by atomic mass is 32.1. The molecule has 8 heteroatoms. The fourth-order valence-electron chi connectivity index (χ4n) is 3.53. The van der Waals surface area contributed by atoms with Crippen molar-refractivity contribution in [3.05, 3.63) is 53.8 Å². The van der Waals surface area contributed by atoms with Gasteiger partial charge in [0.2, 0.25) is 5.91 Å². The zero-order valence-corrected chi connectivity index (χ0v) is 17.3. The number of morpholine rings is 1. The summed E-state index contributed by atoms with van der Waals surface area (Å²) in [4.78, 5) is 19.9. The number of carbonyl (C=O) groups excluding carboxylic acids is 1. The maximum atomic E-state index is 13.4. The predicted octanol–water partition coefficient (Wildman–Crippen LogP) is 3.70. The molecule has 156 valence electrons. The Morgan fingerprint density at radius 3 is 2.67 bits per heavy atom. The first-order valence-electron chi connectivity index (χ1n) is 10.2. The molecule has 0 spiro atoms. The third kappa shape index (κ3) is 4.24. The molecule has 0 radical (unpaired) electrons. The zero-order chi connectivity index (χ0) is 20.5. The van der Waals surface area contributed by atoms with Gasteiger partial charge in [-0.1, -0.05) is 23.5 Å². The molecular formula is C22H23FN4O2S. The van der Waals surface area contributed by atoms with Gasteiger partial charge in [-0.2, -0.15) is 0 Å². The minimum absolute atomic E-state index is 0.0949. The zero-order valence-electron chi connectivity index (χ0n) is 16.4. The Hall–Kier alpha value is -2.71. The van der Waals surface area contributed by atoms with Crippen molar-refractivity contribution >= 4 is 38.3 Å². The lowest BCUT2D eigenvalue weighted by atomic mass is 10.1. The van der Waals surface area contributed by atoms with Crippen molar-refractivity contribution in [3.8, 4) is 0 Å². The first-order chi connectivity index (χ1) is 14.7. The van der Waals surface area contributed by atoms with Crippen LogP contribution in [0.15, 0.2) is 42.5 Å². The fraction of sp³-hybridized carbons (Fsp3) is 0.364. The van der Waals surface area contributed by atoms with Crippen LogP contribution in [0.5, 0.6) is 0 Å². The van der Waals surface area contributed by atoms with Crippen molar-refractivity contribution in [2.45, 2.75) is 24.9 Å². The molecule has 2 fully saturated rings. The van der Waals surface area contributed by atoms with Crippen LogP contribution < -0.4 is 15.5 Å². The van der Waals surface area contributed by atoms with Crippen molar-refractivity contribution in [2.75, 3.05) is 36.5 Å². The molecule has 1 saturated carbocycles. The highest BCUT2D eigenvalue weighted by Crippen LogP contribution is 2.32. The second-order valence-electron chi connectivity index (χ2n) is 7.69. The summed E-state index contributed by atoms with van der Waals surface area (Å²) in [6, 6.07) is 11.7. The molecule has 1 saturated heterocycles. The topological polar surface area (TPSA) is 66.5 Å². The van der Waals surface area contributed by atoms with Crippen LogP contribution in [0, 0.1) is 5.82 Å². The lowest BCUT2D eigenvalue weighted by Gasteiger charge is -2.25. The number of hydrogen-bond donors (Lipinski definition) is 2. The van der Waals surface area contributed by atoms with Gasteiger partial charge >= 0.3 is 0 Å². The van der Waals surface area contributed by atoms with Gasteiger partial charge in [-0.15, -0.1) is 0 Å². The number of nitrogens with one attached hydrogen (secondary N) is 2. The molecular weight excluding hydrogens is 403 g/mol. The van der Waals surface area contributed by atoms with Gasteiger partial charge in [-0.3, -0.25) is 4.79 Å². The number of benzene rings is 2. The van der Waals surface area contributed by atoms with Crippen molar-refractivity contribution < 1.29 is 13.9 Å². The second-order valence-corrected chi connectivity index (χ2v) is 8.70. The summed E-state index contributed by atoms with van der Waals surface area (Å²) in [6.45, 7) is 3.13. The van der Waals surface area contributed by atoms with Gasteiger partial charge in [-0.25, -0.2) is 9.37 Å². The summed E-state index contributed by atoms with van der Waals surface area (Å²) in [5.74, 6) is -0.413. The maximum absolute atomic E-state index is 13.4. The molecule has 2 aliphatic rings. The monoisotopic (exact) mass is 426 g/mol. The number of thiazole rings is 1. The lowest BCUT2D eigenvalue weighted by molar-refractivity contribution is -0.122. The van der Waals surface area contributed by atoms with Gasteiger partial charge in [-0.05, 0) is 48.7 Å². The molecule has 1 aliphatic carbocycles. The van der Waals surface area contributed by atoms with Crippen molar-refractivity contribution in [3.63, 3.8) is 0 Å². The number of anilines is 2. The molecule has 3 aromatic rings. The highest BCUT2D eigenvalue weighted by Gasteiger charge is 2.28. The van der Waals surface area contributed by atoms with Gasteiger partial charge in [0.05, 0.1) is 23.4 Å². The summed E-state index contributed by atoms with van der Waals surface area (Å²) in [7, 11) is 0. The molecule has 5 rings (SSSR count). The molecule has 1 amide bonds. The Morgan fingerprint density at radius 1 is 1.17 bits per heavy atom. The van der Waals surface area contributed by atoms with Crippen molar-refractivity contribution in [2.24, 2.45) is 0 Å². The van der Waals surface area contributed by atoms with Gasteiger partial charge in [0.15, 0.2) is 5.13 Å². The Morgan fingerprint density at radius 2 is 1.93 bits per heavy atom. The van der Waals surface area contributed by atoms with Gasteiger partial charge in [0.25, 0.3) is 0 Å². The van der Waals surface area contributed by atoms with E-state index in [1.165, 1.54) is 12.1 Å². The lowest BCUT2D eigenvalue weighted by Crippen LogP contribution is -2.36. The smallest absolute Gasteiger partial charge is 0.247 e. The highest BCUT2D eigenvalue weighted by molar-refractivity contribution is 7.22. The normalized spacial score (nSPS) is 17.7. The third-order valence-corrected chi connectivity index (χ3v) is 6.44. The van der Waals surface area contributed by atoms with Crippen LogP contribution >= 0.6 is 11.3 Å². The Balaban J connectivity index is 1.40. The van der Waals surface area contributed by atoms with Crippen LogP contribution in [-0.2, 0) is 9.53 Å². The number of ether oxygens (including phenoxy) is 1. The van der Waals surface area contributed by atoms with Crippen molar-refractivity contribution in [1.29, 1.82) is 0 Å². The molecule has 2 heterocycles. The number of nitrogens with zero attached hydrogens (tertiary/aromatic N) is 2. The number of hydrogen-bond acceptors (Lipinski definition) is 6. The Kier molecular flexibility index (Phi) is 5.26. The van der Waals surface area contributed by atoms with Crippen LogP contribution in [-0.4, -0.2) is 43.2 Å². The average Bonchev–Trinajstić information content (AvgIpc) is 3.48. The first-order valence-corrected chi connectivity index (χ1v) is 11.0. The molecule has 1 aliphatic heterocycles. The van der Waals surface area contributed by atoms with E-state index in [-0.39, 0.29) is 17.8 Å². The summed E-state index contributed by atoms with van der Waals surface area (Å²) in [5, 5.41) is 7.38. The number of fused-ring (bicyclic) bond motifs is 1. The van der Waals surface area contributed by atoms with E-state index in [9.17, 15) is 9.18 Å². The SMILES string of the molecule is O=C(NC1CC1)C(Nc1ccc2nc(N3CCOCC3)sc2c1)c1ccc(F)cc1. The van der Waals surface area contributed by atoms with E-state index in [0.29, 0.717) is 0 Å². The summed E-state index contributed by atoms with van der Waals surface area (Å²) in [5.41, 5.74) is 2.50. The summed E-state index contributed by atoms with van der Waals surface area (Å²) in [6.07, 6.45) is 2.03. The van der Waals surface area contributed by atoms with Gasteiger partial charge in [0, 0.05) is 24.8 Å². The second kappa shape index (κ2) is 8.20. The standard InChI is InChI=1S/C22H23FN4O2S/c23-15-3-1-14(2-4-15)20(21(28)25-16-5-6-16)24-17-7-8-18-19(13-17)30-22(26-18)27-9-11-29-12-10-27/h1-4,7-8,13,16,20,24H,5-6,9-12H2,(H,25,28). The van der Waals surface area contributed by atoms with E-state index < -0.39 is 6.04 Å². The quantitative estimate of drug-likeness (QED) is 0.629. The van der Waals surface area contributed by atoms with E-state index in [4.69, 9.17) is 9.72 Å². The van der Waals surface area contributed by atoms with Gasteiger partial charge in [0.1, 0.15) is 11.9 Å². The van der Waals surface area contributed by atoms with Crippen LogP contribution in [0.4, 0.5) is 15.2 Å². The number of rotatable bonds is 6. The summed E-state index contributed by atoms with van der Waals surface area (Å²) < 4.78 is 19.9. The number of halogens is 1. The number of amides is 1. The Bertz CT molecular complexity index is 1040. The first kappa shape index (κ1) is 19.3. The van der Waals surface area contributed by atoms with Crippen LogP contribution in [0.3, 0.4) is 0 Å².